The van der Waals surface area contributed by atoms with Crippen LogP contribution in [0.15, 0.2) is 31.4 Å². The Morgan fingerprint density at radius 1 is 1.00 bits per heavy atom. The molecular weight excluding hydrogens is 670 g/mol. The van der Waals surface area contributed by atoms with Crippen LogP contribution in [0.2, 0.25) is 0 Å². The number of hydrogen-bond acceptors (Lipinski definition) is 15. The number of hydrogen-bond donors (Lipinski definition) is 4. The fourth-order valence-corrected chi connectivity index (χ4v) is 7.77. The molecule has 1 saturated heterocycles. The van der Waals surface area contributed by atoms with Crippen LogP contribution in [-0.4, -0.2) is 81.1 Å². The molecule has 45 heavy (non-hydrogen) atoms. The summed E-state index contributed by atoms with van der Waals surface area (Å²) in [5.41, 5.74) is 7.65. The quantitative estimate of drug-likeness (QED) is 0.114. The van der Waals surface area contributed by atoms with E-state index in [1.54, 1.807) is 23.3 Å². The first-order chi connectivity index (χ1) is 21.5. The Kier molecular flexibility index (Phi) is 8.07. The average Bonchev–Trinajstić information content (AvgIpc) is 3.78. The summed E-state index contributed by atoms with van der Waals surface area (Å²) in [7, 11) is 1.20. The smallest absolute Gasteiger partial charge is 0.386 e. The number of nitrogen functional groups attached to an aromatic ring is 1. The number of nitrogens with two attached hydrogens (primary N) is 1. The van der Waals surface area contributed by atoms with Crippen molar-refractivity contribution in [3.8, 4) is 5.88 Å². The van der Waals surface area contributed by atoms with Gasteiger partial charge in [-0.3, -0.25) is 18.0 Å². The maximum atomic E-state index is 13.4. The number of anilines is 1. The van der Waals surface area contributed by atoms with Crippen molar-refractivity contribution in [2.24, 2.45) is 5.92 Å². The standard InChI is InChI=1S/C23H28N10O8P2S2/c1-37-42(35,44)39-8-15-14(6-16(40-15)33-11-28-17-19(24)26-9-27-20(17)33)41-43(36,45)38-7-12-4-13(5-12)32-10-29-18-21(32)30-23-25-2-3-31(23)22(18)34/h2-3,9-16,34H,4-8H2,1H3,(H,35,44)(H,36,45)(H2,24,26,27)/t12-,13+,14-,15+,16+,42?,43-/m0/s1. The lowest BCUT2D eigenvalue weighted by atomic mass is 9.81. The fourth-order valence-electron chi connectivity index (χ4n) is 5.54. The molecule has 2 fully saturated rings. The van der Waals surface area contributed by atoms with Gasteiger partial charge in [0.05, 0.1) is 25.9 Å². The van der Waals surface area contributed by atoms with Crippen molar-refractivity contribution in [3.63, 3.8) is 0 Å². The molecular formula is C23H28N10O8P2S2. The third-order valence-electron chi connectivity index (χ3n) is 7.89. The first kappa shape index (κ1) is 30.8. The molecule has 22 heteroatoms. The van der Waals surface area contributed by atoms with E-state index < -0.39 is 32.0 Å². The molecule has 1 aliphatic heterocycles. The van der Waals surface area contributed by atoms with E-state index >= 15 is 0 Å². The van der Waals surface area contributed by atoms with Crippen molar-refractivity contribution < 1.29 is 37.1 Å². The Labute approximate surface area is 265 Å². The number of rotatable bonds is 11. The van der Waals surface area contributed by atoms with Gasteiger partial charge in [0.1, 0.15) is 30.3 Å². The molecule has 0 radical (unpaired) electrons. The minimum atomic E-state index is -3.90. The van der Waals surface area contributed by atoms with Crippen molar-refractivity contribution in [2.45, 2.75) is 43.7 Å². The zero-order chi connectivity index (χ0) is 31.5. The van der Waals surface area contributed by atoms with Gasteiger partial charge in [0.25, 0.3) is 0 Å². The number of aromatic nitrogens is 9. The van der Waals surface area contributed by atoms with Gasteiger partial charge >= 0.3 is 13.6 Å². The molecule has 5 atom stereocenters. The highest BCUT2D eigenvalue weighted by Crippen LogP contribution is 2.58. The van der Waals surface area contributed by atoms with Crippen molar-refractivity contribution in [1.82, 2.24) is 43.4 Å². The van der Waals surface area contributed by atoms with E-state index in [0.29, 0.717) is 40.9 Å². The van der Waals surface area contributed by atoms with Gasteiger partial charge < -0.3 is 29.2 Å². The lowest BCUT2D eigenvalue weighted by Crippen LogP contribution is -2.30. The molecule has 18 nitrogen and oxygen atoms in total. The highest BCUT2D eigenvalue weighted by atomic mass is 32.7. The van der Waals surface area contributed by atoms with Crippen LogP contribution in [0.4, 0.5) is 5.82 Å². The van der Waals surface area contributed by atoms with Crippen LogP contribution < -0.4 is 5.73 Å². The summed E-state index contributed by atoms with van der Waals surface area (Å²) in [4.78, 5) is 25.5. The summed E-state index contributed by atoms with van der Waals surface area (Å²) in [5.74, 6) is 0.608. The molecule has 7 rings (SSSR count). The van der Waals surface area contributed by atoms with Crippen LogP contribution in [0.25, 0.3) is 28.1 Å². The normalized spacial score (nSPS) is 26.3. The molecule has 5 aromatic heterocycles. The first-order valence-electron chi connectivity index (χ1n) is 13.7. The Bertz CT molecular complexity index is 1980. The van der Waals surface area contributed by atoms with Crippen molar-refractivity contribution in [2.75, 3.05) is 26.1 Å². The van der Waals surface area contributed by atoms with Crippen LogP contribution in [0.5, 0.6) is 5.88 Å². The minimum Gasteiger partial charge on any atom is -0.493 e. The average molecular weight is 699 g/mol. The zero-order valence-electron chi connectivity index (χ0n) is 23.5. The number of imidazole rings is 3. The molecule has 1 saturated carbocycles. The second kappa shape index (κ2) is 11.8. The van der Waals surface area contributed by atoms with Crippen LogP contribution in [-0.2, 0) is 32.0 Å². The molecule has 3 N–H and O–H groups in total. The van der Waals surface area contributed by atoms with E-state index in [0.717, 1.165) is 0 Å². The Hall–Kier alpha value is -2.80. The minimum absolute atomic E-state index is 0.0292. The lowest BCUT2D eigenvalue weighted by molar-refractivity contribution is -0.0368. The molecule has 0 spiro atoms. The van der Waals surface area contributed by atoms with E-state index in [4.69, 9.17) is 28.6 Å². The second-order valence-corrected chi connectivity index (χ2v) is 16.6. The fraction of sp³-hybridized carbons (Fsp3) is 0.478. The second-order valence-electron chi connectivity index (χ2n) is 10.7. The maximum Gasteiger partial charge on any atom is 0.386 e. The predicted molar refractivity (Wildman–Crippen MR) is 165 cm³/mol. The number of nitrogens with zero attached hydrogens (tertiary/aromatic N) is 9. The van der Waals surface area contributed by atoms with Crippen molar-refractivity contribution in [1.29, 1.82) is 0 Å². The summed E-state index contributed by atoms with van der Waals surface area (Å²) in [6.07, 6.45) is 6.82. The largest absolute Gasteiger partial charge is 0.493 e. The first-order valence-corrected chi connectivity index (χ1v) is 19.1. The monoisotopic (exact) mass is 698 g/mol. The summed E-state index contributed by atoms with van der Waals surface area (Å²) < 4.78 is 58.5. The number of fused-ring (bicyclic) bond motifs is 3. The topological polar surface area (TPSA) is 218 Å². The van der Waals surface area contributed by atoms with Crippen molar-refractivity contribution in [3.05, 3.63) is 31.4 Å². The van der Waals surface area contributed by atoms with Crippen LogP contribution >= 0.6 is 38.1 Å². The summed E-state index contributed by atoms with van der Waals surface area (Å²) in [5, 5.41) is 10.5. The molecule has 6 heterocycles. The molecule has 2 aliphatic rings. The van der Waals surface area contributed by atoms with Gasteiger partial charge in [-0.2, -0.15) is 4.98 Å². The third-order valence-corrected chi connectivity index (χ3v) is 11.3. The summed E-state index contributed by atoms with van der Waals surface area (Å²) in [6, 6.07) is 0.0548. The van der Waals surface area contributed by atoms with Crippen LogP contribution in [0, 0.1) is 5.92 Å². The Morgan fingerprint density at radius 2 is 1.76 bits per heavy atom. The van der Waals surface area contributed by atoms with Gasteiger partial charge in [0, 0.05) is 32.0 Å². The molecule has 0 amide bonds. The van der Waals surface area contributed by atoms with Gasteiger partial charge in [0.2, 0.25) is 11.7 Å². The molecule has 5 aromatic rings. The summed E-state index contributed by atoms with van der Waals surface area (Å²) in [6.45, 7) is -7.66. The maximum absolute atomic E-state index is 13.4. The van der Waals surface area contributed by atoms with E-state index in [2.05, 4.69) is 54.4 Å². The molecule has 1 aliphatic carbocycles. The Morgan fingerprint density at radius 3 is 2.56 bits per heavy atom. The van der Waals surface area contributed by atoms with E-state index in [1.165, 1.54) is 24.2 Å². The lowest BCUT2D eigenvalue weighted by Gasteiger charge is -2.36. The van der Waals surface area contributed by atoms with Gasteiger partial charge in [0.15, 0.2) is 22.6 Å². The van der Waals surface area contributed by atoms with E-state index in [9.17, 15) is 14.2 Å². The van der Waals surface area contributed by atoms with Gasteiger partial charge in [-0.1, -0.05) is 24.5 Å². The Balaban J connectivity index is 1.00. The van der Waals surface area contributed by atoms with Crippen LogP contribution in [0.1, 0.15) is 31.5 Å². The molecule has 1 unspecified atom stereocenters. The highest BCUT2D eigenvalue weighted by Gasteiger charge is 2.43. The predicted octanol–water partition coefficient (Wildman–Crippen LogP) is 3.59. The number of thiol groups is 2. The third kappa shape index (κ3) is 5.94. The SMILES string of the molecule is COP(=O)(S)OC[C@H]1O[C@@H](n2cnc3c(N)ncnc32)C[C@@H]1O[P@@](=O)(S)OC[C@H]1C[C@@H](n2cnc3c(O)n4ccnc4nc32)C1. The molecule has 0 aromatic carbocycles. The van der Waals surface area contributed by atoms with Crippen molar-refractivity contribution >= 4 is 72.0 Å². The van der Waals surface area contributed by atoms with Gasteiger partial charge in [-0.25, -0.2) is 34.0 Å². The van der Waals surface area contributed by atoms with Crippen LogP contribution in [0.3, 0.4) is 0 Å². The molecule has 240 valence electrons. The summed E-state index contributed by atoms with van der Waals surface area (Å²) >= 11 is 8.14. The highest BCUT2D eigenvalue weighted by molar-refractivity contribution is 8.44. The van der Waals surface area contributed by atoms with Gasteiger partial charge in [-0.15, -0.1) is 0 Å². The van der Waals surface area contributed by atoms with E-state index in [1.807, 2.05) is 4.57 Å². The van der Waals surface area contributed by atoms with E-state index in [-0.39, 0.29) is 43.3 Å². The van der Waals surface area contributed by atoms with Gasteiger partial charge in [-0.05, 0) is 18.8 Å². The number of ether oxygens (including phenoxy) is 1. The number of aromatic hydroxyl groups is 1. The zero-order valence-corrected chi connectivity index (χ0v) is 27.1. The molecule has 0 bridgehead atoms.